The number of carbonyl (C=O) groups excluding carboxylic acids is 2. The number of ketones is 1. The quantitative estimate of drug-likeness (QED) is 0.361. The second-order valence-electron chi connectivity index (χ2n) is 11.5. The summed E-state index contributed by atoms with van der Waals surface area (Å²) in [5, 5.41) is 0.592. The Morgan fingerprint density at radius 2 is 1.71 bits per heavy atom. The number of benzene rings is 2. The van der Waals surface area contributed by atoms with Crippen LogP contribution in [0.3, 0.4) is 0 Å². The van der Waals surface area contributed by atoms with Crippen molar-refractivity contribution in [3.05, 3.63) is 64.0 Å². The van der Waals surface area contributed by atoms with Gasteiger partial charge in [-0.1, -0.05) is 11.6 Å². The number of halogens is 1. The third-order valence-corrected chi connectivity index (χ3v) is 7.88. The van der Waals surface area contributed by atoms with Crippen molar-refractivity contribution < 1.29 is 23.8 Å². The maximum Gasteiger partial charge on any atom is 0.316 e. The highest BCUT2D eigenvalue weighted by Gasteiger charge is 2.60. The Morgan fingerprint density at radius 1 is 1.03 bits per heavy atom. The smallest absolute Gasteiger partial charge is 0.316 e. The number of ether oxygens (including phenoxy) is 3. The summed E-state index contributed by atoms with van der Waals surface area (Å²) < 4.78 is 18.2. The van der Waals surface area contributed by atoms with Gasteiger partial charge in [-0.3, -0.25) is 9.59 Å². The van der Waals surface area contributed by atoms with Gasteiger partial charge < -0.3 is 14.2 Å². The molecule has 0 saturated carbocycles. The van der Waals surface area contributed by atoms with E-state index in [0.29, 0.717) is 39.0 Å². The van der Waals surface area contributed by atoms with Crippen molar-refractivity contribution in [1.29, 1.82) is 0 Å². The van der Waals surface area contributed by atoms with Crippen LogP contribution in [0.4, 0.5) is 0 Å². The number of fused-ring (bicyclic) bond motifs is 6. The first kappa shape index (κ1) is 25.0. The third-order valence-electron chi connectivity index (χ3n) is 7.65. The van der Waals surface area contributed by atoms with Crippen LogP contribution in [0.1, 0.15) is 50.3 Å². The van der Waals surface area contributed by atoms with E-state index in [0.717, 1.165) is 29.5 Å². The number of Topliss-reactive ketones (excluding diaryl/α,β-unsaturated/α-hetero) is 1. The van der Waals surface area contributed by atoms with Crippen molar-refractivity contribution in [3.8, 4) is 11.6 Å². The van der Waals surface area contributed by atoms with E-state index in [1.54, 1.807) is 24.4 Å². The van der Waals surface area contributed by atoms with Gasteiger partial charge in [0.1, 0.15) is 11.5 Å². The highest BCUT2D eigenvalue weighted by atomic mass is 35.5. The van der Waals surface area contributed by atoms with E-state index in [4.69, 9.17) is 25.8 Å². The van der Waals surface area contributed by atoms with Crippen LogP contribution in [-0.4, -0.2) is 33.9 Å². The maximum atomic E-state index is 13.9. The van der Waals surface area contributed by atoms with Crippen LogP contribution in [0.15, 0.2) is 42.3 Å². The predicted octanol–water partition coefficient (Wildman–Crippen LogP) is 6.37. The minimum Gasteiger partial charge on any atom is -0.437 e. The van der Waals surface area contributed by atoms with E-state index in [1.807, 2.05) is 46.8 Å². The molecule has 3 aromatic rings. The summed E-state index contributed by atoms with van der Waals surface area (Å²) in [6.45, 7) is 9.31. The number of nitrogens with zero attached hydrogens (tertiary/aromatic N) is 2. The largest absolute Gasteiger partial charge is 0.437 e. The van der Waals surface area contributed by atoms with Crippen LogP contribution in [0.25, 0.3) is 16.6 Å². The Balaban J connectivity index is 1.39. The Morgan fingerprint density at radius 3 is 2.39 bits per heavy atom. The Bertz CT molecular complexity index is 1520. The van der Waals surface area contributed by atoms with Gasteiger partial charge in [-0.2, -0.15) is 0 Å². The van der Waals surface area contributed by atoms with Crippen LogP contribution < -0.4 is 4.74 Å². The van der Waals surface area contributed by atoms with E-state index < -0.39 is 5.41 Å². The SMILES string of the molecule is Cc1cc(Oc2cnc3cc(Cl)ccc3n2)cc(C)c1C1=C(OC(=O)C(C)(C)C)C2C3CCC(O3)C2C1=O. The predicted molar refractivity (Wildman–Crippen MR) is 143 cm³/mol. The zero-order valence-electron chi connectivity index (χ0n) is 22.0. The molecule has 0 radical (unpaired) electrons. The molecule has 3 aliphatic rings. The molecule has 1 aliphatic carbocycles. The Labute approximate surface area is 226 Å². The van der Waals surface area contributed by atoms with Gasteiger partial charge in [0.05, 0.1) is 52.3 Å². The minimum atomic E-state index is -0.703. The number of esters is 1. The van der Waals surface area contributed by atoms with E-state index in [-0.39, 0.29) is 35.8 Å². The third kappa shape index (κ3) is 4.09. The molecule has 6 rings (SSSR count). The lowest BCUT2D eigenvalue weighted by atomic mass is 9.80. The van der Waals surface area contributed by atoms with Gasteiger partial charge in [-0.15, -0.1) is 0 Å². The lowest BCUT2D eigenvalue weighted by molar-refractivity contribution is -0.149. The zero-order valence-corrected chi connectivity index (χ0v) is 22.8. The number of aryl methyl sites for hydroxylation is 2. The van der Waals surface area contributed by atoms with Crippen molar-refractivity contribution in [3.63, 3.8) is 0 Å². The second-order valence-corrected chi connectivity index (χ2v) is 11.9. The molecule has 1 aromatic heterocycles. The summed E-state index contributed by atoms with van der Waals surface area (Å²) in [6, 6.07) is 9.05. The van der Waals surface area contributed by atoms with Gasteiger partial charge >= 0.3 is 5.97 Å². The lowest BCUT2D eigenvalue weighted by Crippen LogP contribution is -2.31. The normalized spacial score (nSPS) is 24.3. The number of aromatic nitrogens is 2. The molecule has 7 nitrogen and oxygen atoms in total. The van der Waals surface area contributed by atoms with Crippen LogP contribution in [0, 0.1) is 31.1 Å². The van der Waals surface area contributed by atoms with Gasteiger partial charge in [0.15, 0.2) is 5.78 Å². The van der Waals surface area contributed by atoms with E-state index in [1.165, 1.54) is 0 Å². The minimum absolute atomic E-state index is 0.00201. The Kier molecular flexibility index (Phi) is 5.85. The summed E-state index contributed by atoms with van der Waals surface area (Å²) in [5.74, 6) is 0.512. The molecule has 2 bridgehead atoms. The molecule has 4 atom stereocenters. The number of rotatable bonds is 4. The number of hydrogen-bond acceptors (Lipinski definition) is 7. The highest BCUT2D eigenvalue weighted by molar-refractivity contribution is 6.31. The molecule has 2 aliphatic heterocycles. The first-order chi connectivity index (χ1) is 18.0. The summed E-state index contributed by atoms with van der Waals surface area (Å²) >= 11 is 6.05. The van der Waals surface area contributed by atoms with Crippen LogP contribution in [-0.2, 0) is 19.1 Å². The molecular weight excluding hydrogens is 504 g/mol. The summed E-state index contributed by atoms with van der Waals surface area (Å²) in [6.07, 6.45) is 3.06. The summed E-state index contributed by atoms with van der Waals surface area (Å²) in [4.78, 5) is 35.8. The fourth-order valence-corrected chi connectivity index (χ4v) is 6.10. The van der Waals surface area contributed by atoms with Gasteiger partial charge in [0.2, 0.25) is 5.88 Å². The standard InChI is InChI=1S/C30H29ClN2O5/c1-14-10-17(36-22-13-32-19-12-16(31)6-7-18(19)33-22)11-15(2)23(14)26-27(34)24-20-8-9-21(37-20)25(24)28(26)38-29(35)30(3,4)5/h6-7,10-13,20-21,24-25H,8-9H2,1-5H3. The van der Waals surface area contributed by atoms with Crippen molar-refractivity contribution in [2.75, 3.05) is 0 Å². The fraction of sp³-hybridized carbons (Fsp3) is 0.400. The molecule has 4 unspecified atom stereocenters. The molecule has 8 heteroatoms. The molecule has 38 heavy (non-hydrogen) atoms. The maximum absolute atomic E-state index is 13.9. The molecule has 2 saturated heterocycles. The molecule has 196 valence electrons. The molecule has 0 amide bonds. The van der Waals surface area contributed by atoms with E-state index >= 15 is 0 Å². The first-order valence-corrected chi connectivity index (χ1v) is 13.3. The van der Waals surface area contributed by atoms with Crippen LogP contribution >= 0.6 is 11.6 Å². The Hall–Kier alpha value is -3.29. The summed E-state index contributed by atoms with van der Waals surface area (Å²) in [5.41, 5.74) is 3.63. The van der Waals surface area contributed by atoms with Gasteiger partial charge in [-0.05, 0) is 94.5 Å². The molecule has 3 heterocycles. The monoisotopic (exact) mass is 532 g/mol. The average Bonchev–Trinajstić information content (AvgIpc) is 3.53. The second kappa shape index (κ2) is 8.89. The average molecular weight is 533 g/mol. The van der Waals surface area contributed by atoms with Gasteiger partial charge in [-0.25, -0.2) is 9.97 Å². The molecule has 0 N–H and O–H groups in total. The number of allylic oxidation sites excluding steroid dienone is 1. The van der Waals surface area contributed by atoms with Crippen molar-refractivity contribution >= 4 is 40.0 Å². The highest BCUT2D eigenvalue weighted by Crippen LogP contribution is 2.55. The number of hydrogen-bond donors (Lipinski definition) is 0. The van der Waals surface area contributed by atoms with Crippen molar-refractivity contribution in [2.24, 2.45) is 17.3 Å². The van der Waals surface area contributed by atoms with Crippen LogP contribution in [0.2, 0.25) is 5.02 Å². The van der Waals surface area contributed by atoms with Crippen molar-refractivity contribution in [2.45, 2.75) is 59.7 Å². The fourth-order valence-electron chi connectivity index (χ4n) is 5.93. The van der Waals surface area contributed by atoms with E-state index in [9.17, 15) is 9.59 Å². The molecule has 2 fully saturated rings. The zero-order chi connectivity index (χ0) is 26.9. The molecule has 2 aromatic carbocycles. The van der Waals surface area contributed by atoms with E-state index in [2.05, 4.69) is 9.97 Å². The molecule has 0 spiro atoms. The van der Waals surface area contributed by atoms with Gasteiger partial charge in [0.25, 0.3) is 0 Å². The van der Waals surface area contributed by atoms with Gasteiger partial charge in [0, 0.05) is 5.02 Å². The van der Waals surface area contributed by atoms with Crippen LogP contribution in [0.5, 0.6) is 11.6 Å². The topological polar surface area (TPSA) is 87.6 Å². The lowest BCUT2D eigenvalue weighted by Gasteiger charge is -2.24. The molecular formula is C30H29ClN2O5. The summed E-state index contributed by atoms with van der Waals surface area (Å²) in [7, 11) is 0. The number of carbonyl (C=O) groups is 2. The first-order valence-electron chi connectivity index (χ1n) is 12.9. The van der Waals surface area contributed by atoms with Crippen molar-refractivity contribution in [1.82, 2.24) is 9.97 Å².